The van der Waals surface area contributed by atoms with E-state index in [1.807, 2.05) is 18.0 Å². The van der Waals surface area contributed by atoms with E-state index >= 15 is 0 Å². The van der Waals surface area contributed by atoms with E-state index in [-0.39, 0.29) is 11.9 Å². The molecule has 0 bridgehead atoms. The lowest BCUT2D eigenvalue weighted by atomic mass is 9.94. The van der Waals surface area contributed by atoms with E-state index in [0.717, 1.165) is 25.2 Å². The van der Waals surface area contributed by atoms with Crippen LogP contribution in [0, 0.1) is 0 Å². The highest BCUT2D eigenvalue weighted by atomic mass is 16.2. The van der Waals surface area contributed by atoms with E-state index in [1.165, 1.54) is 39.9 Å². The number of carbonyl (C=O) groups is 1. The highest BCUT2D eigenvalue weighted by molar-refractivity contribution is 6.04. The zero-order chi connectivity index (χ0) is 21.9. The Morgan fingerprint density at radius 3 is 2.03 bits per heavy atom. The van der Waals surface area contributed by atoms with Crippen molar-refractivity contribution in [2.24, 2.45) is 0 Å². The van der Waals surface area contributed by atoms with Crippen LogP contribution in [0.4, 0.5) is 0 Å². The van der Waals surface area contributed by atoms with Gasteiger partial charge in [0.1, 0.15) is 0 Å². The fourth-order valence-corrected chi connectivity index (χ4v) is 5.08. The highest BCUT2D eigenvalue weighted by Gasteiger charge is 2.26. The topological polar surface area (TPSA) is 23.6 Å². The number of likely N-dealkylation sites (N-methyl/N-ethyl adjacent to an activating group) is 1. The second-order valence-electron chi connectivity index (χ2n) is 8.91. The van der Waals surface area contributed by atoms with Crippen LogP contribution in [0.25, 0.3) is 21.5 Å². The minimum Gasteiger partial charge on any atom is -0.337 e. The van der Waals surface area contributed by atoms with Crippen molar-refractivity contribution < 1.29 is 4.79 Å². The molecule has 0 radical (unpaired) electrons. The SMILES string of the molecule is CN(C(=O)Cc1c2ccccc2cc2ccccc12)C(CN1CCCC1)c1ccccc1. The van der Waals surface area contributed by atoms with E-state index in [4.69, 9.17) is 0 Å². The first-order valence-electron chi connectivity index (χ1n) is 11.6. The zero-order valence-electron chi connectivity index (χ0n) is 18.7. The molecule has 1 saturated heterocycles. The molecule has 1 heterocycles. The van der Waals surface area contributed by atoms with Gasteiger partial charge in [0, 0.05) is 13.6 Å². The van der Waals surface area contributed by atoms with Crippen molar-refractivity contribution in [1.29, 1.82) is 0 Å². The molecule has 0 aliphatic carbocycles. The highest BCUT2D eigenvalue weighted by Crippen LogP contribution is 2.30. The monoisotopic (exact) mass is 422 g/mol. The van der Waals surface area contributed by atoms with Gasteiger partial charge in [-0.25, -0.2) is 0 Å². The summed E-state index contributed by atoms with van der Waals surface area (Å²) in [5.41, 5.74) is 2.33. The Morgan fingerprint density at radius 2 is 1.41 bits per heavy atom. The summed E-state index contributed by atoms with van der Waals surface area (Å²) in [6.45, 7) is 3.14. The summed E-state index contributed by atoms with van der Waals surface area (Å²) < 4.78 is 0. The Labute approximate surface area is 190 Å². The van der Waals surface area contributed by atoms with Gasteiger partial charge in [0.15, 0.2) is 0 Å². The largest absolute Gasteiger partial charge is 0.337 e. The van der Waals surface area contributed by atoms with E-state index in [2.05, 4.69) is 83.8 Å². The van der Waals surface area contributed by atoms with Crippen molar-refractivity contribution >= 4 is 27.5 Å². The van der Waals surface area contributed by atoms with Gasteiger partial charge in [-0.3, -0.25) is 4.79 Å². The Hall–Kier alpha value is -3.17. The summed E-state index contributed by atoms with van der Waals surface area (Å²) in [4.78, 5) is 18.2. The number of carbonyl (C=O) groups excluding carboxylic acids is 1. The summed E-state index contributed by atoms with van der Waals surface area (Å²) in [5.74, 6) is 0.166. The molecule has 1 fully saturated rings. The third-order valence-electron chi connectivity index (χ3n) is 6.89. The van der Waals surface area contributed by atoms with Crippen molar-refractivity contribution in [3.8, 4) is 0 Å². The van der Waals surface area contributed by atoms with Gasteiger partial charge in [0.05, 0.1) is 12.5 Å². The number of amides is 1. The van der Waals surface area contributed by atoms with Crippen LogP contribution in [0.2, 0.25) is 0 Å². The quantitative estimate of drug-likeness (QED) is 0.365. The summed E-state index contributed by atoms with van der Waals surface area (Å²) in [7, 11) is 1.98. The number of rotatable bonds is 6. The molecule has 4 aromatic rings. The van der Waals surface area contributed by atoms with E-state index in [9.17, 15) is 4.79 Å². The third-order valence-corrected chi connectivity index (χ3v) is 6.89. The molecule has 3 nitrogen and oxygen atoms in total. The fourth-order valence-electron chi connectivity index (χ4n) is 5.08. The second kappa shape index (κ2) is 9.13. The fraction of sp³-hybridized carbons (Fsp3) is 0.276. The van der Waals surface area contributed by atoms with Crippen LogP contribution in [0.1, 0.15) is 30.0 Å². The van der Waals surface area contributed by atoms with Gasteiger partial charge in [-0.1, -0.05) is 78.9 Å². The number of likely N-dealkylation sites (tertiary alicyclic amines) is 1. The molecule has 0 N–H and O–H groups in total. The lowest BCUT2D eigenvalue weighted by Crippen LogP contribution is -2.39. The molecule has 0 aromatic heterocycles. The van der Waals surface area contributed by atoms with Crippen LogP contribution < -0.4 is 0 Å². The van der Waals surface area contributed by atoms with Gasteiger partial charge in [-0.05, 0) is 64.7 Å². The van der Waals surface area contributed by atoms with Crippen molar-refractivity contribution in [3.63, 3.8) is 0 Å². The van der Waals surface area contributed by atoms with Crippen molar-refractivity contribution in [2.75, 3.05) is 26.7 Å². The maximum Gasteiger partial charge on any atom is 0.227 e. The third kappa shape index (κ3) is 4.13. The number of fused-ring (bicyclic) bond motifs is 2. The Balaban J connectivity index is 1.49. The first-order chi connectivity index (χ1) is 15.7. The van der Waals surface area contributed by atoms with Gasteiger partial charge >= 0.3 is 0 Å². The van der Waals surface area contributed by atoms with Crippen LogP contribution in [-0.4, -0.2) is 42.4 Å². The molecule has 1 amide bonds. The van der Waals surface area contributed by atoms with Crippen molar-refractivity contribution in [3.05, 3.63) is 96.1 Å². The minimum absolute atomic E-state index is 0.0584. The van der Waals surface area contributed by atoms with Crippen LogP contribution >= 0.6 is 0 Å². The molecule has 1 atom stereocenters. The molecule has 32 heavy (non-hydrogen) atoms. The molecule has 1 unspecified atom stereocenters. The first-order valence-corrected chi connectivity index (χ1v) is 11.6. The van der Waals surface area contributed by atoms with Crippen molar-refractivity contribution in [2.45, 2.75) is 25.3 Å². The number of hydrogen-bond donors (Lipinski definition) is 0. The predicted molar refractivity (Wildman–Crippen MR) is 133 cm³/mol. The molecule has 4 aromatic carbocycles. The van der Waals surface area contributed by atoms with E-state index < -0.39 is 0 Å². The van der Waals surface area contributed by atoms with E-state index in [0.29, 0.717) is 6.42 Å². The summed E-state index contributed by atoms with van der Waals surface area (Å²) in [6.07, 6.45) is 2.91. The molecule has 0 spiro atoms. The van der Waals surface area contributed by atoms with Gasteiger partial charge in [0.25, 0.3) is 0 Å². The molecule has 3 heteroatoms. The van der Waals surface area contributed by atoms with Crippen LogP contribution in [0.15, 0.2) is 84.9 Å². The number of benzene rings is 4. The number of nitrogens with zero attached hydrogens (tertiary/aromatic N) is 2. The average molecular weight is 423 g/mol. The maximum absolute atomic E-state index is 13.7. The van der Waals surface area contributed by atoms with Crippen molar-refractivity contribution in [1.82, 2.24) is 9.80 Å². The smallest absolute Gasteiger partial charge is 0.227 e. The van der Waals surface area contributed by atoms with Gasteiger partial charge in [0.2, 0.25) is 5.91 Å². The Bertz CT molecular complexity index is 1170. The molecular formula is C29H30N2O. The minimum atomic E-state index is 0.0584. The zero-order valence-corrected chi connectivity index (χ0v) is 18.7. The molecule has 5 rings (SSSR count). The number of hydrogen-bond acceptors (Lipinski definition) is 2. The first kappa shape index (κ1) is 20.7. The van der Waals surface area contributed by atoms with Gasteiger partial charge < -0.3 is 9.80 Å². The summed E-state index contributed by atoms with van der Waals surface area (Å²) >= 11 is 0. The lowest BCUT2D eigenvalue weighted by Gasteiger charge is -2.32. The van der Waals surface area contributed by atoms with Crippen LogP contribution in [-0.2, 0) is 11.2 Å². The lowest BCUT2D eigenvalue weighted by molar-refractivity contribution is -0.131. The molecule has 1 aliphatic rings. The normalized spacial score (nSPS) is 15.3. The predicted octanol–water partition coefficient (Wildman–Crippen LogP) is 5.83. The van der Waals surface area contributed by atoms with Gasteiger partial charge in [-0.15, -0.1) is 0 Å². The van der Waals surface area contributed by atoms with Crippen LogP contribution in [0.5, 0.6) is 0 Å². The maximum atomic E-state index is 13.7. The Kier molecular flexibility index (Phi) is 5.91. The second-order valence-corrected chi connectivity index (χ2v) is 8.91. The van der Waals surface area contributed by atoms with Gasteiger partial charge in [-0.2, -0.15) is 0 Å². The average Bonchev–Trinajstić information content (AvgIpc) is 3.36. The molecule has 1 aliphatic heterocycles. The standard InChI is InChI=1S/C29H30N2O/c1-30(28(21-31-17-9-10-18-31)22-11-3-2-4-12-22)29(32)20-27-25-15-7-5-13-23(25)19-24-14-6-8-16-26(24)27/h2-8,11-16,19,28H,9-10,17-18,20-21H2,1H3. The Morgan fingerprint density at radius 1 is 0.844 bits per heavy atom. The molecule has 0 saturated carbocycles. The molecular weight excluding hydrogens is 392 g/mol. The van der Waals surface area contributed by atoms with Crippen LogP contribution in [0.3, 0.4) is 0 Å². The summed E-state index contributed by atoms with van der Waals surface area (Å²) in [5, 5.41) is 4.72. The van der Waals surface area contributed by atoms with E-state index in [1.54, 1.807) is 0 Å². The molecule has 162 valence electrons. The summed E-state index contributed by atoms with van der Waals surface area (Å²) in [6, 6.07) is 29.6.